The van der Waals surface area contributed by atoms with Crippen molar-refractivity contribution in [3.8, 4) is 5.75 Å². The van der Waals surface area contributed by atoms with Crippen molar-refractivity contribution in [1.82, 2.24) is 15.5 Å². The van der Waals surface area contributed by atoms with Crippen LogP contribution in [0.4, 0.5) is 0 Å². The molecule has 0 radical (unpaired) electrons. The van der Waals surface area contributed by atoms with Crippen LogP contribution in [0.1, 0.15) is 35.8 Å². The predicted octanol–water partition coefficient (Wildman–Crippen LogP) is 1.90. The number of methoxy groups -OCH3 is 1. The Morgan fingerprint density at radius 2 is 1.85 bits per heavy atom. The van der Waals surface area contributed by atoms with Gasteiger partial charge in [-0.05, 0) is 37.6 Å². The van der Waals surface area contributed by atoms with Crippen molar-refractivity contribution < 1.29 is 33.4 Å². The van der Waals surface area contributed by atoms with Gasteiger partial charge >= 0.3 is 5.97 Å². The molecular weight excluding hydrogens is 526 g/mol. The lowest BCUT2D eigenvalue weighted by Crippen LogP contribution is -2.71. The summed E-state index contributed by atoms with van der Waals surface area (Å²) in [5.74, 6) is -2.75. The minimum absolute atomic E-state index is 0.136. The predicted molar refractivity (Wildman–Crippen MR) is 141 cm³/mol. The number of carboxylic acid groups (broad SMARTS) is 1. The van der Waals surface area contributed by atoms with E-state index in [0.717, 1.165) is 6.26 Å². The number of carbonyl (C=O) groups excluding carboxylic acids is 3. The Morgan fingerprint density at radius 1 is 1.13 bits per heavy atom. The van der Waals surface area contributed by atoms with E-state index in [-0.39, 0.29) is 16.5 Å². The highest BCUT2D eigenvalue weighted by Crippen LogP contribution is 2.50. The van der Waals surface area contributed by atoms with E-state index in [1.807, 2.05) is 0 Å². The standard InChI is InChI=1S/C27H25N3O8S/c1-27(2)21(26(35)36)30-24(34)19(25(30)39-27)29-23(33)18(13-7-5-4-6-8-13)28-22(32)16-12-38-17-10-9-14(37-3)11-15(17)20(16)31/h4-12,18-19,21,25H,1-3H3,(H,28,32)(H,29,33)(H,35,36)/t18?,19-,21+,25-/m1/s1. The molecule has 2 aliphatic heterocycles. The van der Waals surface area contributed by atoms with E-state index < -0.39 is 57.4 Å². The normalized spacial score (nSPS) is 22.0. The topological polar surface area (TPSA) is 155 Å². The Hall–Kier alpha value is -4.32. The maximum atomic E-state index is 13.5. The number of β-lactam (4-membered cyclic amide) rings is 1. The number of aliphatic carboxylic acids is 1. The molecule has 3 aromatic rings. The smallest absolute Gasteiger partial charge is 0.327 e. The van der Waals surface area contributed by atoms with Crippen LogP contribution in [0.2, 0.25) is 0 Å². The summed E-state index contributed by atoms with van der Waals surface area (Å²) in [5, 5.41) is 14.5. The van der Waals surface area contributed by atoms with Gasteiger partial charge in [-0.3, -0.25) is 19.2 Å². The second kappa shape index (κ2) is 9.77. The van der Waals surface area contributed by atoms with E-state index in [0.29, 0.717) is 11.3 Å². The molecule has 1 aromatic heterocycles. The van der Waals surface area contributed by atoms with Crippen molar-refractivity contribution >= 4 is 46.4 Å². The molecule has 0 spiro atoms. The first-order chi connectivity index (χ1) is 18.5. The summed E-state index contributed by atoms with van der Waals surface area (Å²) in [6, 6.07) is 9.73. The Kier molecular flexibility index (Phi) is 6.59. The van der Waals surface area contributed by atoms with Crippen LogP contribution in [0.15, 0.2) is 64.0 Å². The third kappa shape index (κ3) is 4.50. The molecule has 0 aliphatic carbocycles. The zero-order valence-corrected chi connectivity index (χ0v) is 22.0. The molecule has 1 unspecified atom stereocenters. The van der Waals surface area contributed by atoms with Crippen molar-refractivity contribution in [2.45, 2.75) is 42.1 Å². The Labute approximate surface area is 226 Å². The highest BCUT2D eigenvalue weighted by molar-refractivity contribution is 8.01. The second-order valence-corrected chi connectivity index (χ2v) is 11.5. The van der Waals surface area contributed by atoms with Crippen LogP contribution in [0, 0.1) is 0 Å². The van der Waals surface area contributed by atoms with Crippen molar-refractivity contribution in [3.05, 3.63) is 76.1 Å². The van der Waals surface area contributed by atoms with Crippen molar-refractivity contribution in [3.63, 3.8) is 0 Å². The van der Waals surface area contributed by atoms with Gasteiger partial charge in [0.15, 0.2) is 0 Å². The summed E-state index contributed by atoms with van der Waals surface area (Å²) in [4.78, 5) is 65.8. The van der Waals surface area contributed by atoms with Crippen LogP contribution in [-0.2, 0) is 14.4 Å². The van der Waals surface area contributed by atoms with Crippen LogP contribution in [0.25, 0.3) is 11.0 Å². The van der Waals surface area contributed by atoms with Crippen LogP contribution in [-0.4, -0.2) is 63.0 Å². The van der Waals surface area contributed by atoms with E-state index in [1.165, 1.54) is 29.8 Å². The molecule has 5 rings (SSSR count). The zero-order valence-electron chi connectivity index (χ0n) is 21.2. The number of carbonyl (C=O) groups is 4. The lowest BCUT2D eigenvalue weighted by atomic mass is 9.95. The Morgan fingerprint density at radius 3 is 2.51 bits per heavy atom. The Balaban J connectivity index is 1.40. The molecule has 2 saturated heterocycles. The molecule has 12 heteroatoms. The van der Waals surface area contributed by atoms with E-state index in [1.54, 1.807) is 56.3 Å². The minimum Gasteiger partial charge on any atom is -0.497 e. The average Bonchev–Trinajstić information content (AvgIpc) is 3.18. The van der Waals surface area contributed by atoms with Crippen LogP contribution >= 0.6 is 11.8 Å². The minimum atomic E-state index is -1.25. The van der Waals surface area contributed by atoms with E-state index in [4.69, 9.17) is 9.15 Å². The molecule has 11 nitrogen and oxygen atoms in total. The second-order valence-electron chi connectivity index (χ2n) is 9.74. The number of amides is 3. The third-order valence-electron chi connectivity index (χ3n) is 6.87. The maximum absolute atomic E-state index is 13.5. The van der Waals surface area contributed by atoms with Gasteiger partial charge in [-0.2, -0.15) is 0 Å². The highest BCUT2D eigenvalue weighted by atomic mass is 32.2. The van der Waals surface area contributed by atoms with Gasteiger partial charge in [-0.25, -0.2) is 4.79 Å². The number of nitrogens with one attached hydrogen (secondary N) is 2. The third-order valence-corrected chi connectivity index (χ3v) is 8.44. The quantitative estimate of drug-likeness (QED) is 0.373. The molecule has 39 heavy (non-hydrogen) atoms. The first-order valence-electron chi connectivity index (χ1n) is 12.0. The molecule has 202 valence electrons. The fraction of sp³-hybridized carbons (Fsp3) is 0.296. The molecule has 3 heterocycles. The summed E-state index contributed by atoms with van der Waals surface area (Å²) in [6.07, 6.45) is 1.03. The molecule has 2 aromatic carbocycles. The van der Waals surface area contributed by atoms with E-state index in [9.17, 15) is 29.1 Å². The van der Waals surface area contributed by atoms with Crippen LogP contribution in [0.3, 0.4) is 0 Å². The summed E-state index contributed by atoms with van der Waals surface area (Å²) in [5.41, 5.74) is -0.234. The molecule has 0 saturated carbocycles. The Bertz CT molecular complexity index is 1550. The first kappa shape index (κ1) is 26.3. The zero-order chi connectivity index (χ0) is 28.1. The number of carboxylic acids is 1. The fourth-order valence-electron chi connectivity index (χ4n) is 4.93. The largest absolute Gasteiger partial charge is 0.497 e. The fourth-order valence-corrected chi connectivity index (χ4v) is 6.56. The number of nitrogens with zero attached hydrogens (tertiary/aromatic N) is 1. The van der Waals surface area contributed by atoms with Gasteiger partial charge in [0.05, 0.1) is 12.5 Å². The molecule has 0 bridgehead atoms. The van der Waals surface area contributed by atoms with Crippen molar-refractivity contribution in [2.24, 2.45) is 0 Å². The van der Waals surface area contributed by atoms with Gasteiger partial charge in [0, 0.05) is 4.75 Å². The van der Waals surface area contributed by atoms with Crippen molar-refractivity contribution in [1.29, 1.82) is 0 Å². The average molecular weight is 552 g/mol. The number of benzene rings is 2. The molecule has 4 atom stereocenters. The van der Waals surface area contributed by atoms with E-state index in [2.05, 4.69) is 10.6 Å². The number of rotatable bonds is 7. The molecule has 2 aliphatic rings. The summed E-state index contributed by atoms with van der Waals surface area (Å²) in [6.45, 7) is 3.47. The van der Waals surface area contributed by atoms with Gasteiger partial charge in [0.25, 0.3) is 5.91 Å². The number of hydrogen-bond acceptors (Lipinski definition) is 8. The number of ether oxygens (including phenoxy) is 1. The monoisotopic (exact) mass is 551 g/mol. The lowest BCUT2D eigenvalue weighted by molar-refractivity contribution is -0.161. The number of hydrogen-bond donors (Lipinski definition) is 3. The van der Waals surface area contributed by atoms with Gasteiger partial charge in [0.2, 0.25) is 17.2 Å². The highest BCUT2D eigenvalue weighted by Gasteiger charge is 2.64. The maximum Gasteiger partial charge on any atom is 0.327 e. The lowest BCUT2D eigenvalue weighted by Gasteiger charge is -2.44. The molecular formula is C27H25N3O8S. The molecule has 3 N–H and O–H groups in total. The molecule has 2 fully saturated rings. The van der Waals surface area contributed by atoms with Crippen molar-refractivity contribution in [2.75, 3.05) is 7.11 Å². The first-order valence-corrected chi connectivity index (χ1v) is 12.9. The van der Waals surface area contributed by atoms with Crippen LogP contribution in [0.5, 0.6) is 5.75 Å². The summed E-state index contributed by atoms with van der Waals surface area (Å²) in [7, 11) is 1.45. The number of fused-ring (bicyclic) bond motifs is 2. The van der Waals surface area contributed by atoms with Gasteiger partial charge in [-0.15, -0.1) is 11.8 Å². The van der Waals surface area contributed by atoms with E-state index >= 15 is 0 Å². The summed E-state index contributed by atoms with van der Waals surface area (Å²) >= 11 is 1.29. The number of thioether (sulfide) groups is 1. The van der Waals surface area contributed by atoms with Gasteiger partial charge in [-0.1, -0.05) is 30.3 Å². The van der Waals surface area contributed by atoms with Crippen LogP contribution < -0.4 is 20.8 Å². The SMILES string of the molecule is COc1ccc2occ(C(=O)NC(C(=O)N[C@@H]3C(=O)N4[C@@H]3SC(C)(C)[C@@H]4C(=O)O)c3ccccc3)c(=O)c2c1. The summed E-state index contributed by atoms with van der Waals surface area (Å²) < 4.78 is 9.87. The van der Waals surface area contributed by atoms with Gasteiger partial charge in [0.1, 0.15) is 46.7 Å². The molecule has 3 amide bonds. The van der Waals surface area contributed by atoms with Gasteiger partial charge < -0.3 is 29.8 Å².